The molecule has 1 aliphatic rings. The van der Waals surface area contributed by atoms with Crippen LogP contribution in [0.15, 0.2) is 66.9 Å². The van der Waals surface area contributed by atoms with E-state index in [0.29, 0.717) is 29.0 Å². The summed E-state index contributed by atoms with van der Waals surface area (Å²) in [5, 5.41) is 15.6. The number of nitrogens with one attached hydrogen (secondary N) is 2. The van der Waals surface area contributed by atoms with E-state index in [-0.39, 0.29) is 11.5 Å². The molecule has 7 heteroatoms. The third kappa shape index (κ3) is 4.00. The van der Waals surface area contributed by atoms with Crippen molar-refractivity contribution in [3.05, 3.63) is 83.6 Å². The molecule has 3 aromatic carbocycles. The van der Waals surface area contributed by atoms with Gasteiger partial charge >= 0.3 is 0 Å². The van der Waals surface area contributed by atoms with Crippen LogP contribution in [0, 0.1) is 0 Å². The SMILES string of the molecule is COc1cc(CN/C=C2\C(=O)NC(=O)c3ccc(-c4ccccc4)cc32)cc(O)c1OC. The molecule has 162 valence electrons. The summed E-state index contributed by atoms with van der Waals surface area (Å²) in [6.07, 6.45) is 1.57. The number of hydrogen-bond acceptors (Lipinski definition) is 6. The summed E-state index contributed by atoms with van der Waals surface area (Å²) < 4.78 is 10.4. The van der Waals surface area contributed by atoms with Crippen molar-refractivity contribution >= 4 is 17.4 Å². The molecule has 0 radical (unpaired) electrons. The van der Waals surface area contributed by atoms with Crippen LogP contribution in [-0.4, -0.2) is 31.1 Å². The second-order valence-corrected chi connectivity index (χ2v) is 7.20. The first-order chi connectivity index (χ1) is 15.5. The van der Waals surface area contributed by atoms with Gasteiger partial charge in [-0.05, 0) is 41.0 Å². The highest BCUT2D eigenvalue weighted by atomic mass is 16.5. The molecule has 0 bridgehead atoms. The van der Waals surface area contributed by atoms with Crippen molar-refractivity contribution in [2.45, 2.75) is 6.54 Å². The monoisotopic (exact) mass is 430 g/mol. The van der Waals surface area contributed by atoms with E-state index < -0.39 is 11.8 Å². The number of fused-ring (bicyclic) bond motifs is 1. The lowest BCUT2D eigenvalue weighted by Gasteiger charge is -2.19. The Kier molecular flexibility index (Phi) is 5.81. The summed E-state index contributed by atoms with van der Waals surface area (Å²) in [6.45, 7) is 0.312. The second-order valence-electron chi connectivity index (χ2n) is 7.20. The number of benzene rings is 3. The minimum atomic E-state index is -0.477. The van der Waals surface area contributed by atoms with Gasteiger partial charge in [0.1, 0.15) is 0 Å². The number of imide groups is 1. The minimum Gasteiger partial charge on any atom is -0.504 e. The Bertz CT molecular complexity index is 1220. The van der Waals surface area contributed by atoms with E-state index in [1.54, 1.807) is 24.4 Å². The third-order valence-corrected chi connectivity index (χ3v) is 5.20. The van der Waals surface area contributed by atoms with Crippen LogP contribution >= 0.6 is 0 Å². The molecule has 0 aliphatic carbocycles. The lowest BCUT2D eigenvalue weighted by atomic mass is 9.91. The molecule has 0 atom stereocenters. The van der Waals surface area contributed by atoms with E-state index in [9.17, 15) is 14.7 Å². The minimum absolute atomic E-state index is 0.0462. The Hall–Kier alpha value is -4.26. The van der Waals surface area contributed by atoms with Gasteiger partial charge < -0.3 is 19.9 Å². The van der Waals surface area contributed by atoms with E-state index >= 15 is 0 Å². The zero-order valence-corrected chi connectivity index (χ0v) is 17.6. The van der Waals surface area contributed by atoms with Crippen LogP contribution in [0.1, 0.15) is 21.5 Å². The van der Waals surface area contributed by atoms with Gasteiger partial charge in [-0.3, -0.25) is 14.9 Å². The van der Waals surface area contributed by atoms with Crippen LogP contribution in [-0.2, 0) is 11.3 Å². The van der Waals surface area contributed by atoms with Gasteiger partial charge in [-0.25, -0.2) is 0 Å². The number of methoxy groups -OCH3 is 2. The fraction of sp³-hybridized carbons (Fsp3) is 0.120. The molecule has 2 amide bonds. The van der Waals surface area contributed by atoms with Crippen molar-refractivity contribution in [2.24, 2.45) is 0 Å². The van der Waals surface area contributed by atoms with Crippen LogP contribution in [0.5, 0.6) is 17.2 Å². The Morgan fingerprint density at radius 1 is 0.906 bits per heavy atom. The van der Waals surface area contributed by atoms with Crippen molar-refractivity contribution in [1.29, 1.82) is 0 Å². The molecule has 0 unspecified atom stereocenters. The van der Waals surface area contributed by atoms with Crippen molar-refractivity contribution in [2.75, 3.05) is 14.2 Å². The van der Waals surface area contributed by atoms with E-state index in [1.165, 1.54) is 14.2 Å². The number of amides is 2. The molecular formula is C25H22N2O5. The van der Waals surface area contributed by atoms with E-state index in [4.69, 9.17) is 9.47 Å². The van der Waals surface area contributed by atoms with Crippen LogP contribution in [0.25, 0.3) is 16.7 Å². The Balaban J connectivity index is 1.64. The number of aromatic hydroxyl groups is 1. The van der Waals surface area contributed by atoms with Crippen LogP contribution < -0.4 is 20.1 Å². The first-order valence-electron chi connectivity index (χ1n) is 9.94. The number of ether oxygens (including phenoxy) is 2. The molecule has 0 aromatic heterocycles. The molecular weight excluding hydrogens is 408 g/mol. The van der Waals surface area contributed by atoms with E-state index in [0.717, 1.165) is 16.7 Å². The first-order valence-corrected chi connectivity index (χ1v) is 9.94. The van der Waals surface area contributed by atoms with E-state index in [2.05, 4.69) is 10.6 Å². The van der Waals surface area contributed by atoms with Crippen molar-refractivity contribution in [3.63, 3.8) is 0 Å². The van der Waals surface area contributed by atoms with Crippen LogP contribution in [0.4, 0.5) is 0 Å². The lowest BCUT2D eigenvalue weighted by Crippen LogP contribution is -2.37. The highest BCUT2D eigenvalue weighted by Crippen LogP contribution is 2.37. The summed E-state index contributed by atoms with van der Waals surface area (Å²) in [4.78, 5) is 24.9. The normalized spacial score (nSPS) is 14.0. The number of rotatable bonds is 6. The summed E-state index contributed by atoms with van der Waals surface area (Å²) in [5.74, 6) is -0.296. The molecule has 0 saturated carbocycles. The van der Waals surface area contributed by atoms with Crippen LogP contribution in [0.3, 0.4) is 0 Å². The summed E-state index contributed by atoms with van der Waals surface area (Å²) >= 11 is 0. The molecule has 0 saturated heterocycles. The predicted octanol–water partition coefficient (Wildman–Crippen LogP) is 3.48. The maximum Gasteiger partial charge on any atom is 0.260 e. The number of phenols is 1. The van der Waals surface area contributed by atoms with Crippen molar-refractivity contribution in [1.82, 2.24) is 10.6 Å². The fourth-order valence-corrected chi connectivity index (χ4v) is 3.65. The maximum atomic E-state index is 12.6. The highest BCUT2D eigenvalue weighted by Gasteiger charge is 2.27. The van der Waals surface area contributed by atoms with Gasteiger partial charge in [-0.15, -0.1) is 0 Å². The molecule has 32 heavy (non-hydrogen) atoms. The molecule has 0 fully saturated rings. The molecule has 3 aromatic rings. The third-order valence-electron chi connectivity index (χ3n) is 5.20. The van der Waals surface area contributed by atoms with Crippen LogP contribution in [0.2, 0.25) is 0 Å². The number of carbonyl (C=O) groups is 2. The van der Waals surface area contributed by atoms with Gasteiger partial charge in [-0.1, -0.05) is 36.4 Å². The van der Waals surface area contributed by atoms with Gasteiger partial charge in [0.25, 0.3) is 11.8 Å². The van der Waals surface area contributed by atoms with Gasteiger partial charge in [-0.2, -0.15) is 0 Å². The van der Waals surface area contributed by atoms with Gasteiger partial charge in [0.05, 0.1) is 19.8 Å². The molecule has 4 rings (SSSR count). The lowest BCUT2D eigenvalue weighted by molar-refractivity contribution is -0.114. The standard InChI is InChI=1S/C25H22N2O5/c1-31-22-11-15(10-21(28)23(22)32-2)13-26-14-20-19-12-17(16-6-4-3-5-7-16)8-9-18(19)24(29)27-25(20)30/h3-12,14,26,28H,13H2,1-2H3,(H,27,29,30)/b20-14-. The summed E-state index contributed by atoms with van der Waals surface area (Å²) in [6, 6.07) is 18.5. The molecule has 7 nitrogen and oxygen atoms in total. The fourth-order valence-electron chi connectivity index (χ4n) is 3.65. The predicted molar refractivity (Wildman–Crippen MR) is 120 cm³/mol. The average molecular weight is 430 g/mol. The van der Waals surface area contributed by atoms with E-state index in [1.807, 2.05) is 42.5 Å². The number of phenolic OH excluding ortho intramolecular Hbond substituents is 1. The topological polar surface area (TPSA) is 96.9 Å². The Labute approximate surface area is 185 Å². The Morgan fingerprint density at radius 2 is 1.69 bits per heavy atom. The van der Waals surface area contributed by atoms with Gasteiger partial charge in [0, 0.05) is 23.9 Å². The summed E-state index contributed by atoms with van der Waals surface area (Å²) in [5.41, 5.74) is 3.96. The molecule has 1 heterocycles. The molecule has 0 spiro atoms. The Morgan fingerprint density at radius 3 is 2.41 bits per heavy atom. The number of hydrogen-bond donors (Lipinski definition) is 3. The van der Waals surface area contributed by atoms with Crippen molar-refractivity contribution in [3.8, 4) is 28.4 Å². The average Bonchev–Trinajstić information content (AvgIpc) is 2.81. The van der Waals surface area contributed by atoms with Crippen molar-refractivity contribution < 1.29 is 24.2 Å². The quantitative estimate of drug-likeness (QED) is 0.409. The number of carbonyl (C=O) groups excluding carboxylic acids is 2. The largest absolute Gasteiger partial charge is 0.504 e. The second kappa shape index (κ2) is 8.85. The first kappa shape index (κ1) is 21.0. The highest BCUT2D eigenvalue weighted by molar-refractivity contribution is 6.31. The summed E-state index contributed by atoms with van der Waals surface area (Å²) in [7, 11) is 2.94. The zero-order valence-electron chi connectivity index (χ0n) is 17.6. The smallest absolute Gasteiger partial charge is 0.260 e. The van der Waals surface area contributed by atoms with Gasteiger partial charge in [0.15, 0.2) is 11.5 Å². The molecule has 3 N–H and O–H groups in total. The molecule has 1 aliphatic heterocycles. The van der Waals surface area contributed by atoms with Gasteiger partial charge in [0.2, 0.25) is 5.75 Å². The maximum absolute atomic E-state index is 12.6. The zero-order chi connectivity index (χ0) is 22.7.